The molecule has 1 aromatic heterocycles. The zero-order valence-corrected chi connectivity index (χ0v) is 10.9. The predicted molar refractivity (Wildman–Crippen MR) is 71.5 cm³/mol. The second-order valence-corrected chi connectivity index (χ2v) is 5.46. The Morgan fingerprint density at radius 1 is 1.20 bits per heavy atom. The van der Waals surface area contributed by atoms with Crippen molar-refractivity contribution in [2.24, 2.45) is 0 Å². The highest BCUT2D eigenvalue weighted by molar-refractivity contribution is 14.1. The first-order chi connectivity index (χ1) is 7.25. The monoisotopic (exact) mass is 328 g/mol. The van der Waals surface area contributed by atoms with E-state index in [0.717, 1.165) is 14.0 Å². The SMILES string of the molecule is O=C(Cc1cccs1)c1ccc(I)cc1. The lowest BCUT2D eigenvalue weighted by atomic mass is 10.1. The Kier molecular flexibility index (Phi) is 3.53. The fourth-order valence-electron chi connectivity index (χ4n) is 1.31. The molecule has 0 fully saturated rings. The minimum atomic E-state index is 0.189. The summed E-state index contributed by atoms with van der Waals surface area (Å²) in [6.07, 6.45) is 0.512. The van der Waals surface area contributed by atoms with Crippen LogP contribution in [0, 0.1) is 3.57 Å². The van der Waals surface area contributed by atoms with E-state index in [1.807, 2.05) is 41.8 Å². The van der Waals surface area contributed by atoms with Gasteiger partial charge in [0.25, 0.3) is 0 Å². The lowest BCUT2D eigenvalue weighted by Crippen LogP contribution is -2.01. The minimum Gasteiger partial charge on any atom is -0.294 e. The molecule has 1 heterocycles. The van der Waals surface area contributed by atoms with Crippen molar-refractivity contribution < 1.29 is 4.79 Å². The number of hydrogen-bond donors (Lipinski definition) is 0. The second kappa shape index (κ2) is 4.90. The number of halogens is 1. The second-order valence-electron chi connectivity index (χ2n) is 3.19. The first kappa shape index (κ1) is 10.8. The summed E-state index contributed by atoms with van der Waals surface area (Å²) in [5, 5.41) is 2.00. The van der Waals surface area contributed by atoms with Gasteiger partial charge in [0.1, 0.15) is 0 Å². The van der Waals surface area contributed by atoms with Crippen LogP contribution in [0.1, 0.15) is 15.2 Å². The van der Waals surface area contributed by atoms with Crippen LogP contribution in [0.2, 0.25) is 0 Å². The Balaban J connectivity index is 2.11. The smallest absolute Gasteiger partial charge is 0.168 e. The number of carbonyl (C=O) groups excluding carboxylic acids is 1. The van der Waals surface area contributed by atoms with Gasteiger partial charge in [-0.1, -0.05) is 18.2 Å². The molecule has 3 heteroatoms. The van der Waals surface area contributed by atoms with Crippen LogP contribution in [-0.4, -0.2) is 5.78 Å². The van der Waals surface area contributed by atoms with Crippen LogP contribution in [0.5, 0.6) is 0 Å². The van der Waals surface area contributed by atoms with Gasteiger partial charge in [-0.25, -0.2) is 0 Å². The van der Waals surface area contributed by atoms with E-state index in [1.165, 1.54) is 0 Å². The molecule has 0 saturated heterocycles. The van der Waals surface area contributed by atoms with Crippen molar-refractivity contribution in [1.29, 1.82) is 0 Å². The Labute approximate surface area is 106 Å². The van der Waals surface area contributed by atoms with Crippen LogP contribution in [-0.2, 0) is 6.42 Å². The van der Waals surface area contributed by atoms with Gasteiger partial charge in [-0.2, -0.15) is 0 Å². The molecular weight excluding hydrogens is 319 g/mol. The summed E-state index contributed by atoms with van der Waals surface area (Å²) in [6, 6.07) is 11.7. The van der Waals surface area contributed by atoms with Crippen LogP contribution in [0.25, 0.3) is 0 Å². The first-order valence-corrected chi connectivity index (χ1v) is 6.53. The lowest BCUT2D eigenvalue weighted by Gasteiger charge is -1.99. The third kappa shape index (κ3) is 2.89. The van der Waals surface area contributed by atoms with E-state index in [-0.39, 0.29) is 5.78 Å². The maximum absolute atomic E-state index is 11.8. The van der Waals surface area contributed by atoms with E-state index in [2.05, 4.69) is 22.6 Å². The molecule has 0 spiro atoms. The molecule has 2 rings (SSSR count). The van der Waals surface area contributed by atoms with Gasteiger partial charge in [0.05, 0.1) is 0 Å². The van der Waals surface area contributed by atoms with Crippen LogP contribution in [0.15, 0.2) is 41.8 Å². The van der Waals surface area contributed by atoms with Gasteiger partial charge in [-0.05, 0) is 46.2 Å². The predicted octanol–water partition coefficient (Wildman–Crippen LogP) is 3.78. The quantitative estimate of drug-likeness (QED) is 0.619. The van der Waals surface area contributed by atoms with Gasteiger partial charge in [0.2, 0.25) is 0 Å². The molecule has 0 radical (unpaired) electrons. The standard InChI is InChI=1S/C12H9IOS/c13-10-5-3-9(4-6-10)12(14)8-11-2-1-7-15-11/h1-7H,8H2. The Morgan fingerprint density at radius 3 is 2.53 bits per heavy atom. The molecule has 0 N–H and O–H groups in total. The molecule has 0 unspecified atom stereocenters. The highest BCUT2D eigenvalue weighted by Gasteiger charge is 2.06. The van der Waals surface area contributed by atoms with Crippen molar-refractivity contribution >= 4 is 39.7 Å². The lowest BCUT2D eigenvalue weighted by molar-refractivity contribution is 0.0994. The van der Waals surface area contributed by atoms with Gasteiger partial charge in [0.15, 0.2) is 5.78 Å². The van der Waals surface area contributed by atoms with E-state index >= 15 is 0 Å². The normalized spacial score (nSPS) is 10.2. The summed E-state index contributed by atoms with van der Waals surface area (Å²) in [7, 11) is 0. The summed E-state index contributed by atoms with van der Waals surface area (Å²) in [4.78, 5) is 13.0. The summed E-state index contributed by atoms with van der Waals surface area (Å²) < 4.78 is 1.15. The fourth-order valence-corrected chi connectivity index (χ4v) is 2.37. The Hall–Kier alpha value is -0.680. The summed E-state index contributed by atoms with van der Waals surface area (Å²) >= 11 is 3.86. The van der Waals surface area contributed by atoms with Crippen molar-refractivity contribution in [1.82, 2.24) is 0 Å². The number of benzene rings is 1. The highest BCUT2D eigenvalue weighted by Crippen LogP contribution is 2.14. The molecule has 0 bridgehead atoms. The van der Waals surface area contributed by atoms with Crippen LogP contribution >= 0.6 is 33.9 Å². The maximum Gasteiger partial charge on any atom is 0.168 e. The van der Waals surface area contributed by atoms with Gasteiger partial charge in [0, 0.05) is 20.4 Å². The number of thiophene rings is 1. The number of carbonyl (C=O) groups is 1. The third-order valence-corrected chi connectivity index (χ3v) is 3.68. The van der Waals surface area contributed by atoms with Gasteiger partial charge in [-0.3, -0.25) is 4.79 Å². The van der Waals surface area contributed by atoms with Gasteiger partial charge in [-0.15, -0.1) is 11.3 Å². The largest absolute Gasteiger partial charge is 0.294 e. The Morgan fingerprint density at radius 2 is 1.93 bits per heavy atom. The molecule has 2 aromatic rings. The highest BCUT2D eigenvalue weighted by atomic mass is 127. The maximum atomic E-state index is 11.8. The fraction of sp³-hybridized carbons (Fsp3) is 0.0833. The molecule has 1 nitrogen and oxygen atoms in total. The van der Waals surface area contributed by atoms with Crippen molar-refractivity contribution in [2.45, 2.75) is 6.42 Å². The number of hydrogen-bond acceptors (Lipinski definition) is 2. The van der Waals surface area contributed by atoms with Crippen molar-refractivity contribution in [2.75, 3.05) is 0 Å². The average Bonchev–Trinajstić information content (AvgIpc) is 2.71. The van der Waals surface area contributed by atoms with Crippen LogP contribution in [0.3, 0.4) is 0 Å². The van der Waals surface area contributed by atoms with Crippen LogP contribution in [0.4, 0.5) is 0 Å². The summed E-state index contributed by atoms with van der Waals surface area (Å²) in [5.41, 5.74) is 0.795. The molecule has 0 aliphatic heterocycles. The first-order valence-electron chi connectivity index (χ1n) is 4.57. The molecule has 0 aliphatic carbocycles. The van der Waals surface area contributed by atoms with Crippen LogP contribution < -0.4 is 0 Å². The molecule has 76 valence electrons. The van der Waals surface area contributed by atoms with E-state index in [9.17, 15) is 4.79 Å². The topological polar surface area (TPSA) is 17.1 Å². The van der Waals surface area contributed by atoms with Gasteiger partial charge >= 0.3 is 0 Å². The van der Waals surface area contributed by atoms with Crippen molar-refractivity contribution in [3.63, 3.8) is 0 Å². The molecule has 0 amide bonds. The van der Waals surface area contributed by atoms with Crippen molar-refractivity contribution in [3.05, 3.63) is 55.8 Å². The molecule has 15 heavy (non-hydrogen) atoms. The molecule has 0 aliphatic rings. The van der Waals surface area contributed by atoms with E-state index < -0.39 is 0 Å². The Bertz CT molecular complexity index is 445. The molecular formula is C12H9IOS. The third-order valence-electron chi connectivity index (χ3n) is 2.08. The zero-order valence-electron chi connectivity index (χ0n) is 7.94. The van der Waals surface area contributed by atoms with E-state index in [4.69, 9.17) is 0 Å². The van der Waals surface area contributed by atoms with E-state index in [1.54, 1.807) is 11.3 Å². The van der Waals surface area contributed by atoms with Gasteiger partial charge < -0.3 is 0 Å². The number of ketones is 1. The van der Waals surface area contributed by atoms with Crippen molar-refractivity contribution in [3.8, 4) is 0 Å². The number of rotatable bonds is 3. The average molecular weight is 328 g/mol. The molecule has 1 aromatic carbocycles. The minimum absolute atomic E-state index is 0.189. The number of Topliss-reactive ketones (excluding diaryl/α,β-unsaturated/α-hetero) is 1. The summed E-state index contributed by atoms with van der Waals surface area (Å²) in [5.74, 6) is 0.189. The summed E-state index contributed by atoms with van der Waals surface area (Å²) in [6.45, 7) is 0. The molecule has 0 saturated carbocycles. The molecule has 0 atom stereocenters. The van der Waals surface area contributed by atoms with E-state index in [0.29, 0.717) is 6.42 Å². The zero-order chi connectivity index (χ0) is 10.7.